The lowest BCUT2D eigenvalue weighted by atomic mass is 10.2. The van der Waals surface area contributed by atoms with E-state index in [4.69, 9.17) is 0 Å². The van der Waals surface area contributed by atoms with Crippen LogP contribution >= 0.6 is 11.3 Å². The van der Waals surface area contributed by atoms with Crippen molar-refractivity contribution in [3.63, 3.8) is 0 Å². The number of halogens is 3. The van der Waals surface area contributed by atoms with Gasteiger partial charge in [0.25, 0.3) is 5.91 Å². The van der Waals surface area contributed by atoms with Crippen LogP contribution in [0, 0.1) is 6.92 Å². The quantitative estimate of drug-likeness (QED) is 0.879. The van der Waals surface area contributed by atoms with Crippen LogP contribution in [0.25, 0.3) is 0 Å². The van der Waals surface area contributed by atoms with Gasteiger partial charge in [-0.15, -0.1) is 11.3 Å². The topological polar surface area (TPSA) is 29.1 Å². The van der Waals surface area contributed by atoms with Crippen molar-refractivity contribution in [2.45, 2.75) is 26.4 Å². The number of alkyl halides is 3. The molecule has 90 valence electrons. The Bertz CT molecular complexity index is 384. The fraction of sp³-hybridized carbons (Fsp3) is 0.500. The van der Waals surface area contributed by atoms with E-state index in [1.807, 2.05) is 19.2 Å². The Morgan fingerprint density at radius 1 is 1.50 bits per heavy atom. The Balaban J connectivity index is 2.66. The van der Waals surface area contributed by atoms with Crippen LogP contribution in [-0.2, 0) is 6.42 Å². The van der Waals surface area contributed by atoms with Gasteiger partial charge >= 0.3 is 6.18 Å². The molecule has 16 heavy (non-hydrogen) atoms. The summed E-state index contributed by atoms with van der Waals surface area (Å²) >= 11 is 1.22. The molecule has 6 heteroatoms. The zero-order valence-electron chi connectivity index (χ0n) is 8.94. The third-order valence-electron chi connectivity index (χ3n) is 2.07. The van der Waals surface area contributed by atoms with Crippen molar-refractivity contribution in [1.29, 1.82) is 0 Å². The Kier molecular flexibility index (Phi) is 3.96. The van der Waals surface area contributed by atoms with Crippen molar-refractivity contribution in [2.24, 2.45) is 0 Å². The Labute approximate surface area is 95.5 Å². The Morgan fingerprint density at radius 2 is 2.12 bits per heavy atom. The maximum atomic E-state index is 11.9. The molecule has 1 aromatic rings. The highest BCUT2D eigenvalue weighted by Crippen LogP contribution is 2.22. The van der Waals surface area contributed by atoms with Gasteiger partial charge in [-0.25, -0.2) is 0 Å². The molecule has 0 atom stereocenters. The minimum atomic E-state index is -4.37. The van der Waals surface area contributed by atoms with Crippen LogP contribution in [0.4, 0.5) is 13.2 Å². The van der Waals surface area contributed by atoms with Crippen molar-refractivity contribution in [3.05, 3.63) is 21.4 Å². The summed E-state index contributed by atoms with van der Waals surface area (Å²) in [6.45, 7) is 2.50. The first-order valence-corrected chi connectivity index (χ1v) is 5.59. The van der Waals surface area contributed by atoms with Gasteiger partial charge in [-0.1, -0.05) is 6.92 Å². The number of hydrogen-bond acceptors (Lipinski definition) is 2. The van der Waals surface area contributed by atoms with Gasteiger partial charge in [0, 0.05) is 4.88 Å². The van der Waals surface area contributed by atoms with Gasteiger partial charge < -0.3 is 5.32 Å². The smallest absolute Gasteiger partial charge is 0.342 e. The van der Waals surface area contributed by atoms with E-state index in [9.17, 15) is 18.0 Å². The van der Waals surface area contributed by atoms with Crippen molar-refractivity contribution in [1.82, 2.24) is 5.32 Å². The number of carbonyl (C=O) groups is 1. The molecule has 1 N–H and O–H groups in total. The molecule has 0 aliphatic heterocycles. The van der Waals surface area contributed by atoms with Gasteiger partial charge in [0.1, 0.15) is 6.54 Å². The van der Waals surface area contributed by atoms with Crippen LogP contribution < -0.4 is 5.32 Å². The van der Waals surface area contributed by atoms with Crippen LogP contribution in [-0.4, -0.2) is 18.6 Å². The summed E-state index contributed by atoms with van der Waals surface area (Å²) in [6, 6.07) is 1.64. The van der Waals surface area contributed by atoms with Crippen LogP contribution in [0.5, 0.6) is 0 Å². The Hall–Kier alpha value is -1.04. The highest BCUT2D eigenvalue weighted by Gasteiger charge is 2.28. The zero-order chi connectivity index (χ0) is 12.3. The number of rotatable bonds is 3. The van der Waals surface area contributed by atoms with E-state index in [0.717, 1.165) is 16.9 Å². The first-order chi connectivity index (χ1) is 7.33. The van der Waals surface area contributed by atoms with E-state index < -0.39 is 18.6 Å². The second kappa shape index (κ2) is 4.86. The molecule has 0 spiro atoms. The molecule has 1 amide bonds. The molecule has 1 aromatic heterocycles. The Morgan fingerprint density at radius 3 is 2.56 bits per heavy atom. The summed E-state index contributed by atoms with van der Waals surface area (Å²) in [6.07, 6.45) is -3.59. The standard InChI is InChI=1S/C10H12F3NOS/c1-3-7-4-8(16-6(7)2)9(15)14-5-10(11,12)13/h4H,3,5H2,1-2H3,(H,14,15). The third-order valence-corrected chi connectivity index (χ3v) is 3.17. The molecule has 2 nitrogen and oxygen atoms in total. The molecule has 0 saturated carbocycles. The number of hydrogen-bond donors (Lipinski definition) is 1. The van der Waals surface area contributed by atoms with E-state index in [-0.39, 0.29) is 0 Å². The average Bonchev–Trinajstić information content (AvgIpc) is 2.55. The van der Waals surface area contributed by atoms with E-state index in [1.54, 1.807) is 6.07 Å². The predicted molar refractivity (Wildman–Crippen MR) is 56.8 cm³/mol. The molecule has 0 aliphatic carbocycles. The molecule has 0 fully saturated rings. The van der Waals surface area contributed by atoms with Gasteiger partial charge in [0.15, 0.2) is 0 Å². The fourth-order valence-electron chi connectivity index (χ4n) is 1.25. The van der Waals surface area contributed by atoms with Gasteiger partial charge in [-0.2, -0.15) is 13.2 Å². The molecule has 0 radical (unpaired) electrons. The molecule has 1 rings (SSSR count). The second-order valence-electron chi connectivity index (χ2n) is 3.34. The SMILES string of the molecule is CCc1cc(C(=O)NCC(F)(F)F)sc1C. The van der Waals surface area contributed by atoms with Gasteiger partial charge in [-0.3, -0.25) is 4.79 Å². The van der Waals surface area contributed by atoms with E-state index in [0.29, 0.717) is 4.88 Å². The van der Waals surface area contributed by atoms with Crippen LogP contribution in [0.3, 0.4) is 0 Å². The second-order valence-corrected chi connectivity index (χ2v) is 4.60. The first-order valence-electron chi connectivity index (χ1n) is 4.77. The number of thiophene rings is 1. The van der Waals surface area contributed by atoms with Crippen LogP contribution in [0.15, 0.2) is 6.07 Å². The van der Waals surface area contributed by atoms with E-state index in [1.165, 1.54) is 11.3 Å². The number of aryl methyl sites for hydroxylation is 2. The normalized spacial score (nSPS) is 11.6. The highest BCUT2D eigenvalue weighted by molar-refractivity contribution is 7.14. The summed E-state index contributed by atoms with van der Waals surface area (Å²) < 4.78 is 35.6. The minimum absolute atomic E-state index is 0.332. The van der Waals surface area contributed by atoms with Crippen molar-refractivity contribution >= 4 is 17.2 Å². The molecular weight excluding hydrogens is 239 g/mol. The lowest BCUT2D eigenvalue weighted by molar-refractivity contribution is -0.123. The van der Waals surface area contributed by atoms with Crippen LogP contribution in [0.2, 0.25) is 0 Å². The molecule has 0 unspecified atom stereocenters. The zero-order valence-corrected chi connectivity index (χ0v) is 9.76. The maximum absolute atomic E-state index is 11.9. The largest absolute Gasteiger partial charge is 0.405 e. The lowest BCUT2D eigenvalue weighted by Crippen LogP contribution is -2.33. The van der Waals surface area contributed by atoms with Gasteiger partial charge in [0.2, 0.25) is 0 Å². The molecule has 0 aromatic carbocycles. The maximum Gasteiger partial charge on any atom is 0.405 e. The summed E-state index contributed by atoms with van der Waals surface area (Å²) in [5, 5.41) is 1.85. The summed E-state index contributed by atoms with van der Waals surface area (Å²) in [5.41, 5.74) is 1.00. The lowest BCUT2D eigenvalue weighted by Gasteiger charge is -2.06. The van der Waals surface area contributed by atoms with Crippen molar-refractivity contribution < 1.29 is 18.0 Å². The first kappa shape index (κ1) is 13.0. The summed E-state index contributed by atoms with van der Waals surface area (Å²) in [5.74, 6) is -0.662. The highest BCUT2D eigenvalue weighted by atomic mass is 32.1. The van der Waals surface area contributed by atoms with Crippen molar-refractivity contribution in [3.8, 4) is 0 Å². The molecule has 0 bridgehead atoms. The van der Waals surface area contributed by atoms with Crippen LogP contribution in [0.1, 0.15) is 27.0 Å². The van der Waals surface area contributed by atoms with Crippen molar-refractivity contribution in [2.75, 3.05) is 6.54 Å². The monoisotopic (exact) mass is 251 g/mol. The number of carbonyl (C=O) groups excluding carboxylic acids is 1. The van der Waals surface area contributed by atoms with E-state index in [2.05, 4.69) is 0 Å². The fourth-order valence-corrected chi connectivity index (χ4v) is 2.28. The number of amides is 1. The predicted octanol–water partition coefficient (Wildman–Crippen LogP) is 2.91. The van der Waals surface area contributed by atoms with Gasteiger partial charge in [-0.05, 0) is 25.0 Å². The van der Waals surface area contributed by atoms with Gasteiger partial charge in [0.05, 0.1) is 4.88 Å². The molecular formula is C10H12F3NOS. The molecule has 0 saturated heterocycles. The molecule has 1 heterocycles. The summed E-state index contributed by atoms with van der Waals surface area (Å²) in [4.78, 5) is 12.7. The average molecular weight is 251 g/mol. The minimum Gasteiger partial charge on any atom is -0.342 e. The summed E-state index contributed by atoms with van der Waals surface area (Å²) in [7, 11) is 0. The van der Waals surface area contributed by atoms with E-state index >= 15 is 0 Å². The number of nitrogens with one attached hydrogen (secondary N) is 1. The molecule has 0 aliphatic rings. The third kappa shape index (κ3) is 3.52.